The van der Waals surface area contributed by atoms with Crippen LogP contribution >= 0.6 is 0 Å². The molecule has 0 aliphatic heterocycles. The highest BCUT2D eigenvalue weighted by atomic mass is 32.2. The first-order chi connectivity index (χ1) is 7.72. The second-order valence-corrected chi connectivity index (χ2v) is 4.15. The van der Waals surface area contributed by atoms with Crippen LogP contribution in [0.25, 0.3) is 0 Å². The average molecular weight is 242 g/mol. The van der Waals surface area contributed by atoms with Crippen LogP contribution in [-0.4, -0.2) is 30.0 Å². The third-order valence-corrected chi connectivity index (χ3v) is 2.30. The number of aldehydes is 1. The number of hydrogen-bond donors (Lipinski definition) is 0. The van der Waals surface area contributed by atoms with E-state index in [2.05, 4.69) is 0 Å². The summed E-state index contributed by atoms with van der Waals surface area (Å²) in [5.74, 6) is 0.655. The first kappa shape index (κ1) is 12.9. The first-order valence-electron chi connectivity index (χ1n) is 4.87. The van der Waals surface area contributed by atoms with Crippen LogP contribution in [0, 0.1) is 0 Å². The minimum atomic E-state index is -1.22. The molecule has 0 saturated heterocycles. The van der Waals surface area contributed by atoms with E-state index in [1.54, 1.807) is 24.3 Å². The number of carbonyl (C=O) groups is 1. The monoisotopic (exact) mass is 242 g/mol. The second-order valence-electron chi connectivity index (χ2n) is 3.12. The molecule has 0 heterocycles. The van der Waals surface area contributed by atoms with Crippen LogP contribution in [-0.2, 0) is 15.3 Å². The molecule has 1 aromatic carbocycles. The lowest BCUT2D eigenvalue weighted by Gasteiger charge is -2.05. The molecule has 0 fully saturated rings. The van der Waals surface area contributed by atoms with E-state index in [0.717, 1.165) is 6.29 Å². The van der Waals surface area contributed by atoms with Crippen molar-refractivity contribution in [3.8, 4) is 5.75 Å². The summed E-state index contributed by atoms with van der Waals surface area (Å²) in [6.45, 7) is 0.871. The normalized spacial score (nSPS) is 12.1. The van der Waals surface area contributed by atoms with Crippen LogP contribution in [0.2, 0.25) is 0 Å². The molecule has 0 amide bonds. The molecule has 1 aromatic rings. The fraction of sp³-hybridized carbons (Fsp3) is 0.364. The smallest absolute Gasteiger partial charge is 0.152 e. The maximum Gasteiger partial charge on any atom is 0.152 e. The summed E-state index contributed by atoms with van der Waals surface area (Å²) in [6.07, 6.45) is 2.91. The van der Waals surface area contributed by atoms with Gasteiger partial charge in [0.25, 0.3) is 0 Å². The van der Waals surface area contributed by atoms with Gasteiger partial charge < -0.3 is 4.74 Å². The lowest BCUT2D eigenvalue weighted by atomic mass is 10.2. The molecule has 88 valence electrons. The van der Waals surface area contributed by atoms with E-state index in [0.29, 0.717) is 30.9 Å². The largest absolute Gasteiger partial charge is 0.493 e. The number of ether oxygens (including phenoxy) is 1. The molecule has 1 unspecified atom stereocenters. The molecule has 0 bridgehead atoms. The van der Waals surface area contributed by atoms with Gasteiger partial charge in [0.05, 0.1) is 13.2 Å². The van der Waals surface area contributed by atoms with Crippen LogP contribution < -0.4 is 4.74 Å². The average Bonchev–Trinajstić information content (AvgIpc) is 2.28. The Labute approximate surface area is 97.2 Å². The van der Waals surface area contributed by atoms with Crippen molar-refractivity contribution in [3.05, 3.63) is 29.8 Å². The quantitative estimate of drug-likeness (QED) is 0.538. The highest BCUT2D eigenvalue weighted by Crippen LogP contribution is 2.11. The van der Waals surface area contributed by atoms with Gasteiger partial charge in [-0.05, 0) is 12.1 Å². The van der Waals surface area contributed by atoms with Crippen LogP contribution in [0.3, 0.4) is 0 Å². The van der Waals surface area contributed by atoms with Gasteiger partial charge in [-0.1, -0.05) is 12.1 Å². The zero-order chi connectivity index (χ0) is 11.8. The molecule has 1 atom stereocenters. The van der Waals surface area contributed by atoms with Gasteiger partial charge in [-0.15, -0.1) is 0 Å². The SMILES string of the molecule is CS(=O)OCCCOc1cccc(C=O)c1. The van der Waals surface area contributed by atoms with Gasteiger partial charge >= 0.3 is 0 Å². The van der Waals surface area contributed by atoms with Crippen LogP contribution in [0.15, 0.2) is 24.3 Å². The molecule has 0 radical (unpaired) electrons. The topological polar surface area (TPSA) is 52.6 Å². The molecular weight excluding hydrogens is 228 g/mol. The summed E-state index contributed by atoms with van der Waals surface area (Å²) in [6, 6.07) is 6.93. The van der Waals surface area contributed by atoms with Crippen LogP contribution in [0.5, 0.6) is 5.75 Å². The van der Waals surface area contributed by atoms with Crippen LogP contribution in [0.1, 0.15) is 16.8 Å². The molecule has 0 aliphatic rings. The van der Waals surface area contributed by atoms with Crippen molar-refractivity contribution < 1.29 is 17.9 Å². The molecule has 5 heteroatoms. The van der Waals surface area contributed by atoms with Gasteiger partial charge in [0, 0.05) is 18.2 Å². The van der Waals surface area contributed by atoms with Crippen molar-refractivity contribution in [2.24, 2.45) is 0 Å². The minimum Gasteiger partial charge on any atom is -0.493 e. The van der Waals surface area contributed by atoms with Crippen molar-refractivity contribution in [3.63, 3.8) is 0 Å². The molecular formula is C11H14O4S. The zero-order valence-corrected chi connectivity index (χ0v) is 9.87. The van der Waals surface area contributed by atoms with Crippen molar-refractivity contribution in [1.29, 1.82) is 0 Å². The fourth-order valence-electron chi connectivity index (χ4n) is 1.10. The van der Waals surface area contributed by atoms with E-state index in [1.165, 1.54) is 6.26 Å². The van der Waals surface area contributed by atoms with Crippen molar-refractivity contribution >= 4 is 17.4 Å². The van der Waals surface area contributed by atoms with Crippen molar-refractivity contribution in [1.82, 2.24) is 0 Å². The van der Waals surface area contributed by atoms with Gasteiger partial charge in [0.1, 0.15) is 12.0 Å². The Kier molecular flexibility index (Phi) is 5.74. The molecule has 0 N–H and O–H groups in total. The van der Waals surface area contributed by atoms with E-state index in [-0.39, 0.29) is 0 Å². The summed E-state index contributed by atoms with van der Waals surface area (Å²) in [4.78, 5) is 10.5. The highest BCUT2D eigenvalue weighted by molar-refractivity contribution is 7.79. The summed E-state index contributed by atoms with van der Waals surface area (Å²) >= 11 is -1.22. The Morgan fingerprint density at radius 1 is 1.38 bits per heavy atom. The predicted molar refractivity (Wildman–Crippen MR) is 62.0 cm³/mol. The fourth-order valence-corrected chi connectivity index (χ4v) is 1.46. The lowest BCUT2D eigenvalue weighted by molar-refractivity contribution is 0.112. The summed E-state index contributed by atoms with van der Waals surface area (Å²) in [7, 11) is 0. The van der Waals surface area contributed by atoms with Gasteiger partial charge in [-0.3, -0.25) is 8.98 Å². The van der Waals surface area contributed by atoms with E-state index in [4.69, 9.17) is 8.92 Å². The molecule has 1 rings (SSSR count). The molecule has 0 saturated carbocycles. The molecule has 4 nitrogen and oxygen atoms in total. The van der Waals surface area contributed by atoms with Gasteiger partial charge in [-0.25, -0.2) is 4.21 Å². The number of rotatable bonds is 7. The molecule has 16 heavy (non-hydrogen) atoms. The van der Waals surface area contributed by atoms with Gasteiger partial charge in [0.2, 0.25) is 0 Å². The van der Waals surface area contributed by atoms with Crippen molar-refractivity contribution in [2.45, 2.75) is 6.42 Å². The first-order valence-corrected chi connectivity index (χ1v) is 6.35. The van der Waals surface area contributed by atoms with Crippen molar-refractivity contribution in [2.75, 3.05) is 19.5 Å². The molecule has 0 spiro atoms. The Bertz CT molecular complexity index is 365. The summed E-state index contributed by atoms with van der Waals surface area (Å²) in [5.41, 5.74) is 0.586. The highest BCUT2D eigenvalue weighted by Gasteiger charge is 1.96. The Hall–Kier alpha value is -1.20. The van der Waals surface area contributed by atoms with E-state index in [9.17, 15) is 9.00 Å². The van der Waals surface area contributed by atoms with Crippen LogP contribution in [0.4, 0.5) is 0 Å². The van der Waals surface area contributed by atoms with Gasteiger partial charge in [-0.2, -0.15) is 0 Å². The number of carbonyl (C=O) groups excluding carboxylic acids is 1. The second kappa shape index (κ2) is 7.14. The lowest BCUT2D eigenvalue weighted by Crippen LogP contribution is -2.04. The zero-order valence-electron chi connectivity index (χ0n) is 9.05. The summed E-state index contributed by atoms with van der Waals surface area (Å²) in [5, 5.41) is 0. The Morgan fingerprint density at radius 2 is 2.19 bits per heavy atom. The molecule has 0 aliphatic carbocycles. The Balaban J connectivity index is 2.26. The van der Waals surface area contributed by atoms with Gasteiger partial charge in [0.15, 0.2) is 11.1 Å². The van der Waals surface area contributed by atoms with E-state index < -0.39 is 11.1 Å². The van der Waals surface area contributed by atoms with E-state index in [1.807, 2.05) is 0 Å². The third-order valence-electron chi connectivity index (χ3n) is 1.80. The summed E-state index contributed by atoms with van der Waals surface area (Å²) < 4.78 is 20.8. The Morgan fingerprint density at radius 3 is 2.88 bits per heavy atom. The minimum absolute atomic E-state index is 0.399. The third kappa shape index (κ3) is 5.04. The molecule has 0 aromatic heterocycles. The number of benzene rings is 1. The standard InChI is InChI=1S/C11H14O4S/c1-16(13)15-7-3-6-14-11-5-2-4-10(8-11)9-12/h2,4-5,8-9H,3,6-7H2,1H3. The van der Waals surface area contributed by atoms with E-state index >= 15 is 0 Å². The maximum absolute atomic E-state index is 10.6. The number of hydrogen-bond acceptors (Lipinski definition) is 4. The maximum atomic E-state index is 10.6. The predicted octanol–water partition coefficient (Wildman–Crippen LogP) is 1.58.